The Morgan fingerprint density at radius 3 is 0.769 bits per heavy atom. The van der Waals surface area contributed by atoms with Crippen LogP contribution >= 0.6 is 15.6 Å². The molecule has 3 N–H and O–H groups in total. The monoisotopic (exact) mass is 1510 g/mol. The van der Waals surface area contributed by atoms with Gasteiger partial charge in [0.1, 0.15) is 19.3 Å². The van der Waals surface area contributed by atoms with Gasteiger partial charge in [-0.1, -0.05) is 330 Å². The molecular weight excluding hydrogens is 1350 g/mol. The maximum Gasteiger partial charge on any atom is 0.472 e. The normalized spacial score (nSPS) is 14.3. The maximum atomic E-state index is 13.1. The molecule has 0 aliphatic heterocycles. The van der Waals surface area contributed by atoms with Gasteiger partial charge in [-0.05, 0) is 103 Å². The third kappa shape index (κ3) is 76.2. The minimum Gasteiger partial charge on any atom is -0.462 e. The number of aliphatic hydroxyl groups is 1. The lowest BCUT2D eigenvalue weighted by molar-refractivity contribution is -0.161. The van der Waals surface area contributed by atoms with Gasteiger partial charge in [0.15, 0.2) is 12.2 Å². The zero-order chi connectivity index (χ0) is 76.0. The topological polar surface area (TPSA) is 237 Å². The van der Waals surface area contributed by atoms with Crippen molar-refractivity contribution in [2.24, 2.45) is 0 Å². The van der Waals surface area contributed by atoms with Crippen molar-refractivity contribution in [1.82, 2.24) is 0 Å². The molecule has 0 amide bonds. The first-order chi connectivity index (χ1) is 50.7. The fraction of sp³-hybridized carbons (Fsp3) is 0.765. The van der Waals surface area contributed by atoms with Crippen LogP contribution in [0.4, 0.5) is 0 Å². The van der Waals surface area contributed by atoms with Gasteiger partial charge in [-0.15, -0.1) is 0 Å². The van der Waals surface area contributed by atoms with Gasteiger partial charge in [0.05, 0.1) is 26.4 Å². The van der Waals surface area contributed by atoms with Crippen molar-refractivity contribution in [2.75, 3.05) is 39.6 Å². The molecule has 17 nitrogen and oxygen atoms in total. The predicted octanol–water partition coefficient (Wildman–Crippen LogP) is 24.3. The quantitative estimate of drug-likeness (QED) is 0.0169. The summed E-state index contributed by atoms with van der Waals surface area (Å²) in [6.45, 7) is 4.76. The number of aliphatic hydroxyl groups excluding tert-OH is 1. The van der Waals surface area contributed by atoms with Crippen LogP contribution in [-0.4, -0.2) is 96.7 Å². The van der Waals surface area contributed by atoms with Crippen molar-refractivity contribution in [3.8, 4) is 0 Å². The third-order valence-corrected chi connectivity index (χ3v) is 19.5. The van der Waals surface area contributed by atoms with Gasteiger partial charge >= 0.3 is 39.5 Å². The lowest BCUT2D eigenvalue weighted by atomic mass is 10.0. The second-order valence-corrected chi connectivity index (χ2v) is 30.6. The number of hydrogen-bond donors (Lipinski definition) is 3. The molecule has 602 valence electrons. The number of allylic oxidation sites excluding steroid dienone is 16. The summed E-state index contributed by atoms with van der Waals surface area (Å²) in [5.74, 6) is -2.28. The highest BCUT2D eigenvalue weighted by molar-refractivity contribution is 7.47. The molecule has 0 aromatic rings. The number of rotatable bonds is 78. The molecule has 2 unspecified atom stereocenters. The van der Waals surface area contributed by atoms with Crippen molar-refractivity contribution in [3.05, 3.63) is 97.2 Å². The summed E-state index contributed by atoms with van der Waals surface area (Å²) in [4.78, 5) is 73.0. The summed E-state index contributed by atoms with van der Waals surface area (Å²) in [7, 11) is -9.98. The van der Waals surface area contributed by atoms with Crippen molar-refractivity contribution in [1.29, 1.82) is 0 Å². The highest BCUT2D eigenvalue weighted by atomic mass is 31.2. The fourth-order valence-electron chi connectivity index (χ4n) is 11.2. The number of carbonyl (C=O) groups is 4. The maximum absolute atomic E-state index is 13.1. The summed E-state index contributed by atoms with van der Waals surface area (Å²) < 4.78 is 68.6. The van der Waals surface area contributed by atoms with Crippen LogP contribution in [0.5, 0.6) is 0 Å². The molecule has 0 saturated carbocycles. The lowest BCUT2D eigenvalue weighted by Gasteiger charge is -2.21. The Morgan fingerprint density at radius 2 is 0.481 bits per heavy atom. The molecule has 0 rings (SSSR count). The largest absolute Gasteiger partial charge is 0.472 e. The van der Waals surface area contributed by atoms with E-state index in [1.165, 1.54) is 173 Å². The van der Waals surface area contributed by atoms with Crippen LogP contribution in [0.1, 0.15) is 362 Å². The minimum absolute atomic E-state index is 0.00784. The molecule has 5 atom stereocenters. The second-order valence-electron chi connectivity index (χ2n) is 27.7. The predicted molar refractivity (Wildman–Crippen MR) is 427 cm³/mol. The summed E-state index contributed by atoms with van der Waals surface area (Å²) in [5.41, 5.74) is 0. The second kappa shape index (κ2) is 77.1. The number of ether oxygens (including phenoxy) is 4. The smallest absolute Gasteiger partial charge is 0.462 e. The van der Waals surface area contributed by atoms with Gasteiger partial charge in [-0.3, -0.25) is 37.3 Å². The first-order valence-electron chi connectivity index (χ1n) is 41.5. The van der Waals surface area contributed by atoms with E-state index in [1.807, 2.05) is 24.3 Å². The molecule has 0 fully saturated rings. The van der Waals surface area contributed by atoms with Crippen LogP contribution in [0.2, 0.25) is 0 Å². The van der Waals surface area contributed by atoms with Crippen LogP contribution < -0.4 is 0 Å². The fourth-order valence-corrected chi connectivity index (χ4v) is 12.8. The molecule has 0 aromatic heterocycles. The van der Waals surface area contributed by atoms with Crippen LogP contribution in [-0.2, 0) is 65.4 Å². The van der Waals surface area contributed by atoms with Gasteiger partial charge in [0, 0.05) is 25.7 Å². The Morgan fingerprint density at radius 1 is 0.269 bits per heavy atom. The van der Waals surface area contributed by atoms with Gasteiger partial charge in [0.25, 0.3) is 0 Å². The Labute approximate surface area is 633 Å². The summed E-state index contributed by atoms with van der Waals surface area (Å²) in [6, 6.07) is 0. The molecule has 0 spiro atoms. The number of unbranched alkanes of at least 4 members (excludes halogenated alkanes) is 36. The first kappa shape index (κ1) is 100.0. The van der Waals surface area contributed by atoms with Crippen molar-refractivity contribution < 1.29 is 80.2 Å². The van der Waals surface area contributed by atoms with Gasteiger partial charge < -0.3 is 33.8 Å². The Bertz CT molecular complexity index is 2350. The molecule has 0 saturated heterocycles. The highest BCUT2D eigenvalue weighted by Crippen LogP contribution is 2.45. The number of carbonyl (C=O) groups excluding carboxylic acids is 4. The van der Waals surface area contributed by atoms with Crippen LogP contribution in [0.15, 0.2) is 97.2 Å². The standard InChI is InChI=1S/C85H150O17P2/c1-5-9-13-17-21-25-29-33-36-39-42-46-50-54-58-62-66-70-83(88)96-76-81(102-85(90)72-68-64-60-56-52-48-44-41-38-35-31-27-23-19-15-11-7-3)78-100-104(93,94)98-74-79(86)73-97-103(91,92)99-77-80(75-95-82(87)69-65-61-57-53-49-45-32-28-24-20-16-12-8-4)101-84(89)71-67-63-59-55-51-47-43-40-37-34-30-26-22-18-14-10-6-2/h21,23,25,27,33,35-36,38,42,44,46,48,54,56,58,60,79-81,86H,5-20,22,24,26,28-32,34,37,39-41,43,45,47,49-53,55,57,59,61-78H2,1-4H3,(H,91,92)(H,93,94)/b25-21-,27-23-,36-33-,38-35-,46-42-,48-44-,58-54-,60-56-/t79-,80+,81+/m0/s1. The average Bonchev–Trinajstić information content (AvgIpc) is 0.936. The molecule has 0 radical (unpaired) electrons. The van der Waals surface area contributed by atoms with E-state index in [2.05, 4.69) is 101 Å². The van der Waals surface area contributed by atoms with Crippen molar-refractivity contribution >= 4 is 39.5 Å². The van der Waals surface area contributed by atoms with Gasteiger partial charge in [-0.25, -0.2) is 9.13 Å². The number of esters is 4. The van der Waals surface area contributed by atoms with E-state index in [-0.39, 0.29) is 25.7 Å². The zero-order valence-electron chi connectivity index (χ0n) is 65.9. The van der Waals surface area contributed by atoms with E-state index in [1.54, 1.807) is 0 Å². The third-order valence-electron chi connectivity index (χ3n) is 17.6. The molecular formula is C85H150O17P2. The van der Waals surface area contributed by atoms with Crippen LogP contribution in [0.25, 0.3) is 0 Å². The van der Waals surface area contributed by atoms with E-state index in [0.29, 0.717) is 38.5 Å². The Balaban J connectivity index is 5.43. The highest BCUT2D eigenvalue weighted by Gasteiger charge is 2.30. The van der Waals surface area contributed by atoms with Crippen molar-refractivity contribution in [2.45, 2.75) is 380 Å². The summed E-state index contributed by atoms with van der Waals surface area (Å²) in [5, 5.41) is 10.6. The minimum atomic E-state index is -5.00. The molecule has 0 aliphatic carbocycles. The molecule has 0 aromatic carbocycles. The summed E-state index contributed by atoms with van der Waals surface area (Å²) in [6.07, 6.45) is 82.5. The average molecular weight is 1510 g/mol. The first-order valence-corrected chi connectivity index (χ1v) is 44.5. The van der Waals surface area contributed by atoms with E-state index in [0.717, 1.165) is 96.3 Å². The van der Waals surface area contributed by atoms with Crippen LogP contribution in [0, 0.1) is 0 Å². The molecule has 0 heterocycles. The number of phosphoric ester groups is 2. The summed E-state index contributed by atoms with van der Waals surface area (Å²) >= 11 is 0. The van der Waals surface area contributed by atoms with Crippen LogP contribution in [0.3, 0.4) is 0 Å². The molecule has 0 bridgehead atoms. The number of phosphoric acid groups is 2. The molecule has 0 aliphatic rings. The van der Waals surface area contributed by atoms with Gasteiger partial charge in [-0.2, -0.15) is 0 Å². The van der Waals surface area contributed by atoms with Crippen molar-refractivity contribution in [3.63, 3.8) is 0 Å². The van der Waals surface area contributed by atoms with E-state index < -0.39 is 97.5 Å². The lowest BCUT2D eigenvalue weighted by Crippen LogP contribution is -2.30. The SMILES string of the molecule is CCCCC/C=C\C/C=C\C/C=C\C/C=C\CCCC(=O)OC[C@H](COP(=O)(O)OC[C@@H](O)COP(=O)(O)OC[C@@H](COC(=O)CCCCCCCCCCCCCCC)OC(=O)CCCCCCCCCCCCCCCCCCC)OC(=O)CCC/C=C\C/C=C\C/C=C\C/C=C\CCCCC. The Hall–Kier alpha value is -4.02. The van der Waals surface area contributed by atoms with E-state index in [9.17, 15) is 43.2 Å². The molecule has 104 heavy (non-hydrogen) atoms. The van der Waals surface area contributed by atoms with E-state index >= 15 is 0 Å². The van der Waals surface area contributed by atoms with E-state index in [4.69, 9.17) is 37.0 Å². The zero-order valence-corrected chi connectivity index (χ0v) is 67.7. The Kier molecular flexibility index (Phi) is 74.2. The number of hydrogen-bond acceptors (Lipinski definition) is 15. The molecule has 19 heteroatoms. The van der Waals surface area contributed by atoms with Gasteiger partial charge in [0.2, 0.25) is 0 Å².